The van der Waals surface area contributed by atoms with Crippen LogP contribution >= 0.6 is 0 Å². The summed E-state index contributed by atoms with van der Waals surface area (Å²) in [6.45, 7) is 3.74. The zero-order valence-electron chi connectivity index (χ0n) is 18.4. The van der Waals surface area contributed by atoms with Gasteiger partial charge in [0.15, 0.2) is 0 Å². The van der Waals surface area contributed by atoms with E-state index in [2.05, 4.69) is 5.10 Å². The minimum atomic E-state index is -3.83. The molecular weight excluding hydrogens is 458 g/mol. The monoisotopic (exact) mass is 479 g/mol. The average molecular weight is 480 g/mol. The zero-order valence-corrected chi connectivity index (χ0v) is 19.2. The van der Waals surface area contributed by atoms with Crippen LogP contribution in [0.1, 0.15) is 30.0 Å². The van der Waals surface area contributed by atoms with Crippen molar-refractivity contribution in [1.82, 2.24) is 0 Å². The smallest absolute Gasteiger partial charge is 0.338 e. The molecule has 0 spiro atoms. The summed E-state index contributed by atoms with van der Waals surface area (Å²) >= 11 is 0. The molecule has 1 amide bonds. The number of hydrogen-bond acceptors (Lipinski definition) is 7. The van der Waals surface area contributed by atoms with Crippen LogP contribution in [0.5, 0.6) is 0 Å². The first-order valence-corrected chi connectivity index (χ1v) is 11.8. The standard InChI is InChI=1S/C24H21N3O6S/c1-3-32-24(29)17-6-4-16(5-7-17)22-13-10-19(33-22)14-21-15(2)26-27(23(21)28)18-8-11-20(12-9-18)34(25,30)31/h4-14H,3H2,1-2H3,(H2,25,30,31)/b21-14-. The number of nitrogens with zero attached hydrogens (tertiary/aromatic N) is 2. The Hall–Kier alpha value is -4.02. The number of furan rings is 1. The number of benzene rings is 2. The first-order valence-electron chi connectivity index (χ1n) is 10.3. The van der Waals surface area contributed by atoms with E-state index in [9.17, 15) is 18.0 Å². The van der Waals surface area contributed by atoms with Gasteiger partial charge in [-0.05, 0) is 68.5 Å². The Morgan fingerprint density at radius 2 is 1.76 bits per heavy atom. The van der Waals surface area contributed by atoms with Gasteiger partial charge in [0, 0.05) is 5.56 Å². The highest BCUT2D eigenvalue weighted by Crippen LogP contribution is 2.28. The molecule has 3 aromatic rings. The van der Waals surface area contributed by atoms with Gasteiger partial charge in [-0.2, -0.15) is 10.1 Å². The molecule has 0 saturated heterocycles. The lowest BCUT2D eigenvalue weighted by atomic mass is 10.1. The Balaban J connectivity index is 1.54. The lowest BCUT2D eigenvalue weighted by Crippen LogP contribution is -2.21. The third-order valence-corrected chi connectivity index (χ3v) is 6.00. The van der Waals surface area contributed by atoms with Crippen LogP contribution in [0.15, 0.2) is 80.7 Å². The summed E-state index contributed by atoms with van der Waals surface area (Å²) < 4.78 is 33.7. The van der Waals surface area contributed by atoms with E-state index in [1.165, 1.54) is 29.3 Å². The number of primary sulfonamides is 1. The van der Waals surface area contributed by atoms with Gasteiger partial charge in [-0.1, -0.05) is 12.1 Å². The largest absolute Gasteiger partial charge is 0.462 e. The molecule has 34 heavy (non-hydrogen) atoms. The number of hydrogen-bond donors (Lipinski definition) is 1. The van der Waals surface area contributed by atoms with Crippen molar-refractivity contribution >= 4 is 39.4 Å². The van der Waals surface area contributed by atoms with Gasteiger partial charge in [0.2, 0.25) is 10.0 Å². The molecule has 0 fully saturated rings. The number of nitrogens with two attached hydrogens (primary N) is 1. The van der Waals surface area contributed by atoms with Crippen molar-refractivity contribution in [2.75, 3.05) is 11.6 Å². The number of esters is 1. The summed E-state index contributed by atoms with van der Waals surface area (Å²) in [6.07, 6.45) is 1.59. The molecule has 0 radical (unpaired) electrons. The normalized spacial score (nSPS) is 15.0. The molecule has 1 aliphatic rings. The van der Waals surface area contributed by atoms with E-state index in [-0.39, 0.29) is 10.8 Å². The van der Waals surface area contributed by atoms with Crippen molar-refractivity contribution in [2.24, 2.45) is 10.2 Å². The molecule has 0 aliphatic carbocycles. The Bertz CT molecular complexity index is 1420. The molecule has 9 nitrogen and oxygen atoms in total. The molecular formula is C24H21N3O6S. The maximum atomic E-state index is 12.9. The van der Waals surface area contributed by atoms with E-state index in [1.807, 2.05) is 0 Å². The topological polar surface area (TPSA) is 132 Å². The molecule has 0 atom stereocenters. The highest BCUT2D eigenvalue weighted by Gasteiger charge is 2.29. The van der Waals surface area contributed by atoms with Gasteiger partial charge in [0.05, 0.1) is 34.0 Å². The predicted molar refractivity (Wildman–Crippen MR) is 126 cm³/mol. The number of ether oxygens (including phenoxy) is 1. The second-order valence-corrected chi connectivity index (χ2v) is 8.96. The highest BCUT2D eigenvalue weighted by atomic mass is 32.2. The van der Waals surface area contributed by atoms with E-state index in [0.717, 1.165) is 5.56 Å². The summed E-state index contributed by atoms with van der Waals surface area (Å²) in [5.74, 6) is 0.251. The van der Waals surface area contributed by atoms with Gasteiger partial charge < -0.3 is 9.15 Å². The number of anilines is 1. The summed E-state index contributed by atoms with van der Waals surface area (Å²) in [5, 5.41) is 10.6. The third-order valence-electron chi connectivity index (χ3n) is 5.07. The SMILES string of the molecule is CCOC(=O)c1ccc(-c2ccc(/C=C3\C(=O)N(c4ccc(S(N)(=O)=O)cc4)N=C3C)o2)cc1. The lowest BCUT2D eigenvalue weighted by molar-refractivity contribution is -0.114. The van der Waals surface area contributed by atoms with Crippen molar-refractivity contribution in [3.8, 4) is 11.3 Å². The van der Waals surface area contributed by atoms with Gasteiger partial charge >= 0.3 is 5.97 Å². The number of hydrazone groups is 1. The van der Waals surface area contributed by atoms with Gasteiger partial charge in [-0.15, -0.1) is 0 Å². The van der Waals surface area contributed by atoms with E-state index < -0.39 is 16.0 Å². The van der Waals surface area contributed by atoms with E-state index in [4.69, 9.17) is 14.3 Å². The Morgan fingerprint density at radius 3 is 2.38 bits per heavy atom. The summed E-state index contributed by atoms with van der Waals surface area (Å²) in [7, 11) is -3.83. The Kier molecular flexibility index (Phi) is 6.18. The number of carbonyl (C=O) groups is 2. The predicted octanol–water partition coefficient (Wildman–Crippen LogP) is 3.58. The van der Waals surface area contributed by atoms with Crippen LogP contribution < -0.4 is 10.1 Å². The van der Waals surface area contributed by atoms with E-state index in [0.29, 0.717) is 40.7 Å². The van der Waals surface area contributed by atoms with Gasteiger partial charge in [0.25, 0.3) is 5.91 Å². The fraction of sp³-hybridized carbons (Fsp3) is 0.125. The number of sulfonamides is 1. The summed E-state index contributed by atoms with van der Waals surface area (Å²) in [4.78, 5) is 24.7. The van der Waals surface area contributed by atoms with Crippen LogP contribution in [0.25, 0.3) is 17.4 Å². The molecule has 0 unspecified atom stereocenters. The Morgan fingerprint density at radius 1 is 1.09 bits per heavy atom. The molecule has 174 valence electrons. The van der Waals surface area contributed by atoms with Crippen molar-refractivity contribution in [1.29, 1.82) is 0 Å². The van der Waals surface area contributed by atoms with Crippen molar-refractivity contribution in [3.63, 3.8) is 0 Å². The zero-order chi connectivity index (χ0) is 24.5. The molecule has 0 bridgehead atoms. The fourth-order valence-electron chi connectivity index (χ4n) is 3.35. The highest BCUT2D eigenvalue weighted by molar-refractivity contribution is 7.89. The van der Waals surface area contributed by atoms with Crippen LogP contribution in [0.3, 0.4) is 0 Å². The van der Waals surface area contributed by atoms with E-state index >= 15 is 0 Å². The second kappa shape index (κ2) is 9.08. The van der Waals surface area contributed by atoms with Gasteiger partial charge in [-0.3, -0.25) is 4.79 Å². The van der Waals surface area contributed by atoms with Crippen LogP contribution in [-0.2, 0) is 19.6 Å². The van der Waals surface area contributed by atoms with Crippen molar-refractivity contribution in [2.45, 2.75) is 18.7 Å². The summed E-state index contributed by atoms with van der Waals surface area (Å²) in [6, 6.07) is 15.9. The molecule has 0 saturated carbocycles. The second-order valence-electron chi connectivity index (χ2n) is 7.40. The number of rotatable bonds is 6. The minimum absolute atomic E-state index is 0.0576. The van der Waals surface area contributed by atoms with Crippen molar-refractivity contribution < 1.29 is 27.2 Å². The lowest BCUT2D eigenvalue weighted by Gasteiger charge is -2.11. The van der Waals surface area contributed by atoms with Crippen LogP contribution in [0, 0.1) is 0 Å². The van der Waals surface area contributed by atoms with E-state index in [1.54, 1.807) is 56.3 Å². The molecule has 1 aromatic heterocycles. The molecule has 2 N–H and O–H groups in total. The van der Waals surface area contributed by atoms with Crippen LogP contribution in [-0.4, -0.2) is 32.6 Å². The maximum absolute atomic E-state index is 12.9. The van der Waals surface area contributed by atoms with Crippen molar-refractivity contribution in [3.05, 3.63) is 77.6 Å². The first-order chi connectivity index (χ1) is 16.2. The van der Waals surface area contributed by atoms with Gasteiger partial charge in [0.1, 0.15) is 11.5 Å². The fourth-order valence-corrected chi connectivity index (χ4v) is 3.86. The van der Waals surface area contributed by atoms with Crippen LogP contribution in [0.2, 0.25) is 0 Å². The maximum Gasteiger partial charge on any atom is 0.338 e. The average Bonchev–Trinajstić information content (AvgIpc) is 3.39. The number of amides is 1. The molecule has 2 aromatic carbocycles. The number of carbonyl (C=O) groups excluding carboxylic acids is 2. The molecule has 1 aliphatic heterocycles. The first kappa shape index (κ1) is 23.1. The third kappa shape index (κ3) is 4.68. The molecule has 2 heterocycles. The molecule has 4 rings (SSSR count). The minimum Gasteiger partial charge on any atom is -0.462 e. The quantitative estimate of drug-likeness (QED) is 0.424. The molecule has 10 heteroatoms. The van der Waals surface area contributed by atoms with Crippen LogP contribution in [0.4, 0.5) is 5.69 Å². The van der Waals surface area contributed by atoms with Gasteiger partial charge in [-0.25, -0.2) is 18.4 Å². The Labute approximate surface area is 196 Å². The summed E-state index contributed by atoms with van der Waals surface area (Å²) in [5.41, 5.74) is 2.44.